The predicted molar refractivity (Wildman–Crippen MR) is 125 cm³/mol. The van der Waals surface area contributed by atoms with Gasteiger partial charge in [-0.05, 0) is 80.8 Å². The molecule has 0 N–H and O–H groups in total. The molecule has 1 saturated heterocycles. The van der Waals surface area contributed by atoms with Crippen LogP contribution in [0.25, 0.3) is 0 Å². The summed E-state index contributed by atoms with van der Waals surface area (Å²) in [6.45, 7) is 17.3. The molecule has 0 aromatic heterocycles. The summed E-state index contributed by atoms with van der Waals surface area (Å²) < 4.78 is 0. The molecule has 4 bridgehead atoms. The Morgan fingerprint density at radius 3 is 1.80 bits per heavy atom. The van der Waals surface area contributed by atoms with Crippen LogP contribution in [0.3, 0.4) is 0 Å². The van der Waals surface area contributed by atoms with E-state index in [0.717, 1.165) is 23.7 Å². The van der Waals surface area contributed by atoms with Gasteiger partial charge in [0.25, 0.3) is 0 Å². The van der Waals surface area contributed by atoms with Gasteiger partial charge < -0.3 is 4.90 Å². The summed E-state index contributed by atoms with van der Waals surface area (Å²) in [7, 11) is 4.58. The Balaban J connectivity index is 0.00000106. The molecule has 1 heterocycles. The molecule has 1 nitrogen and oxygen atoms in total. The average molecular weight is 611 g/mol. The Labute approximate surface area is 201 Å². The van der Waals surface area contributed by atoms with Crippen molar-refractivity contribution in [3.05, 3.63) is 35.9 Å². The molecule has 0 atom stereocenters. The molecule has 30 heavy (non-hydrogen) atoms. The number of rotatable bonds is 3. The monoisotopic (exact) mass is 610 g/mol. The van der Waals surface area contributed by atoms with Crippen molar-refractivity contribution in [2.45, 2.75) is 97.4 Å². The first-order valence-electron chi connectivity index (χ1n) is 12.1. The molecule has 172 valence electrons. The fraction of sp³-hybridized carbons (Fsp3) is 0.741. The van der Waals surface area contributed by atoms with Crippen LogP contribution in [0.2, 0.25) is 0 Å². The maximum absolute atomic E-state index is 4.58. The molecule has 5 fully saturated rings. The van der Waals surface area contributed by atoms with Gasteiger partial charge in [0.05, 0.1) is 0 Å². The first-order chi connectivity index (χ1) is 14.2. The van der Waals surface area contributed by atoms with Gasteiger partial charge in [0.2, 0.25) is 0 Å². The predicted octanol–water partition coefficient (Wildman–Crippen LogP) is 8.21. The second-order valence-corrected chi connectivity index (χ2v) is 12.0. The molecule has 4 aliphatic carbocycles. The van der Waals surface area contributed by atoms with Crippen LogP contribution in [0.4, 0.5) is 5.69 Å². The van der Waals surface area contributed by atoms with E-state index in [1.807, 2.05) is 0 Å². The first-order valence-corrected chi connectivity index (χ1v) is 14.8. The summed E-state index contributed by atoms with van der Waals surface area (Å²) in [6, 6.07) is 7.06. The van der Waals surface area contributed by atoms with Crippen LogP contribution in [0.15, 0.2) is 18.2 Å². The normalized spacial score (nSPS) is 36.0. The second-order valence-electron chi connectivity index (χ2n) is 12.0. The van der Waals surface area contributed by atoms with Crippen molar-refractivity contribution in [1.29, 1.82) is 0 Å². The number of hydrogen-bond donors (Lipinski definition) is 0. The fourth-order valence-corrected chi connectivity index (χ4v) is 8.01. The van der Waals surface area contributed by atoms with Gasteiger partial charge in [-0.25, -0.2) is 6.54 Å². The van der Waals surface area contributed by atoms with Crippen LogP contribution in [0.1, 0.15) is 103 Å². The van der Waals surface area contributed by atoms with E-state index >= 15 is 0 Å². The molecule has 0 amide bonds. The Kier molecular flexibility index (Phi) is 6.53. The number of halogens is 1. The number of hydrogen-bond acceptors (Lipinski definition) is 1. The Bertz CT molecular complexity index is 714. The second kappa shape index (κ2) is 8.44. The van der Waals surface area contributed by atoms with E-state index in [1.165, 1.54) is 43.2 Å². The molecule has 1 aromatic rings. The molecule has 5 aliphatic rings. The van der Waals surface area contributed by atoms with E-state index in [9.17, 15) is 0 Å². The Morgan fingerprint density at radius 1 is 0.900 bits per heavy atom. The Hall–Kier alpha value is 0.0503. The van der Waals surface area contributed by atoms with Crippen molar-refractivity contribution in [3.63, 3.8) is 0 Å². The van der Waals surface area contributed by atoms with Crippen LogP contribution < -0.4 is 4.90 Å². The minimum absolute atomic E-state index is 0.212. The van der Waals surface area contributed by atoms with E-state index < -0.39 is 0 Å². The molecule has 1 aliphatic heterocycles. The number of nitrogens with zero attached hydrogens (tertiary/aromatic N) is 1. The quantitative estimate of drug-likeness (QED) is 0.246. The zero-order valence-electron chi connectivity index (χ0n) is 19.6. The van der Waals surface area contributed by atoms with E-state index in [4.69, 9.17) is 0 Å². The SMILES string of the molecule is CC(C)c1cccc(C(C)C)c1N1[CH-]C2(CC1(C)C)C1CC3CC(C1)CC2C3.[Cl][Au]. The summed E-state index contributed by atoms with van der Waals surface area (Å²) in [4.78, 5) is 2.78. The molecule has 0 radical (unpaired) electrons. The molecular weight excluding hydrogens is 571 g/mol. The zero-order chi connectivity index (χ0) is 21.8. The van der Waals surface area contributed by atoms with E-state index in [-0.39, 0.29) is 5.54 Å². The average Bonchev–Trinajstić information content (AvgIpc) is 2.98. The Morgan fingerprint density at radius 2 is 1.37 bits per heavy atom. The summed E-state index contributed by atoms with van der Waals surface area (Å²) >= 11 is 1.75. The molecular formula is C27H40AuClN-. The first kappa shape index (κ1) is 23.2. The molecule has 0 unspecified atom stereocenters. The van der Waals surface area contributed by atoms with Crippen LogP contribution >= 0.6 is 9.19 Å². The van der Waals surface area contributed by atoms with Gasteiger partial charge in [-0.3, -0.25) is 0 Å². The van der Waals surface area contributed by atoms with Gasteiger partial charge in [-0.15, -0.1) is 5.41 Å². The number of anilines is 1. The molecule has 1 aromatic carbocycles. The van der Waals surface area contributed by atoms with Gasteiger partial charge in [-0.1, -0.05) is 64.2 Å². The molecule has 6 rings (SSSR count). The van der Waals surface area contributed by atoms with Crippen molar-refractivity contribution < 1.29 is 20.0 Å². The van der Waals surface area contributed by atoms with Gasteiger partial charge in [0.15, 0.2) is 0 Å². The van der Waals surface area contributed by atoms with Crippen molar-refractivity contribution in [2.75, 3.05) is 4.90 Å². The van der Waals surface area contributed by atoms with Gasteiger partial charge >= 0.3 is 29.2 Å². The van der Waals surface area contributed by atoms with Gasteiger partial charge in [0.1, 0.15) is 0 Å². The minimum atomic E-state index is 0.212. The third-order valence-corrected chi connectivity index (χ3v) is 9.00. The molecule has 3 heteroatoms. The van der Waals surface area contributed by atoms with E-state index in [0.29, 0.717) is 17.3 Å². The standard InChI is InChI=1S/C27H40N.Au.ClH/c1-17(2)23-8-7-9-24(18(3)4)25(23)28-16-27(15-26(28,5)6)21-11-19-10-20(13-21)14-22(27)12-19;;/h7-9,16-22H,10-15H2,1-6H3;;1H/q-1;+1;/p-1. The summed E-state index contributed by atoms with van der Waals surface area (Å²) in [6.07, 6.45) is 8.95. The van der Waals surface area contributed by atoms with E-state index in [2.05, 4.69) is 80.4 Å². The summed E-state index contributed by atoms with van der Waals surface area (Å²) in [5, 5.41) is 0. The van der Waals surface area contributed by atoms with Crippen molar-refractivity contribution in [2.24, 2.45) is 29.1 Å². The van der Waals surface area contributed by atoms with Gasteiger partial charge in [-0.2, -0.15) is 0 Å². The van der Waals surface area contributed by atoms with E-state index in [1.54, 1.807) is 32.1 Å². The number of para-hydroxylation sites is 1. The van der Waals surface area contributed by atoms with Crippen LogP contribution in [0, 0.1) is 35.6 Å². The van der Waals surface area contributed by atoms with Crippen LogP contribution in [-0.2, 0) is 20.0 Å². The maximum atomic E-state index is 4.58. The number of benzene rings is 1. The van der Waals surface area contributed by atoms with Crippen LogP contribution in [0.5, 0.6) is 0 Å². The summed E-state index contributed by atoms with van der Waals surface area (Å²) in [5.41, 5.74) is 5.30. The summed E-state index contributed by atoms with van der Waals surface area (Å²) in [5.74, 6) is 5.12. The fourth-order valence-electron chi connectivity index (χ4n) is 8.01. The zero-order valence-corrected chi connectivity index (χ0v) is 22.6. The van der Waals surface area contributed by atoms with Crippen molar-refractivity contribution >= 4 is 14.9 Å². The van der Waals surface area contributed by atoms with Crippen LogP contribution in [-0.4, -0.2) is 5.54 Å². The van der Waals surface area contributed by atoms with Crippen molar-refractivity contribution in [1.82, 2.24) is 0 Å². The topological polar surface area (TPSA) is 3.24 Å². The third-order valence-electron chi connectivity index (χ3n) is 9.00. The van der Waals surface area contributed by atoms with Gasteiger partial charge in [0, 0.05) is 11.2 Å². The molecule has 1 spiro atoms. The van der Waals surface area contributed by atoms with Crippen molar-refractivity contribution in [3.8, 4) is 0 Å². The third kappa shape index (κ3) is 3.64. The molecule has 4 saturated carbocycles.